The lowest BCUT2D eigenvalue weighted by Crippen LogP contribution is -2.50. The van der Waals surface area contributed by atoms with Crippen LogP contribution < -0.4 is 4.74 Å². The van der Waals surface area contributed by atoms with Crippen LogP contribution in [0.1, 0.15) is 18.9 Å². The predicted octanol–water partition coefficient (Wildman–Crippen LogP) is 2.69. The molecule has 1 aliphatic rings. The summed E-state index contributed by atoms with van der Waals surface area (Å²) in [7, 11) is -3.68. The van der Waals surface area contributed by atoms with Crippen molar-refractivity contribution < 1.29 is 22.3 Å². The minimum absolute atomic E-state index is 0.00451. The molecule has 0 atom stereocenters. The van der Waals surface area contributed by atoms with Gasteiger partial charge in [-0.1, -0.05) is 18.2 Å². The number of halogens is 1. The molecule has 0 spiro atoms. The van der Waals surface area contributed by atoms with E-state index in [2.05, 4.69) is 0 Å². The van der Waals surface area contributed by atoms with Gasteiger partial charge in [-0.25, -0.2) is 12.8 Å². The van der Waals surface area contributed by atoms with Crippen molar-refractivity contribution in [2.45, 2.75) is 24.7 Å². The minimum Gasteiger partial charge on any atom is -0.494 e. The largest absolute Gasteiger partial charge is 0.494 e. The zero-order valence-electron chi connectivity index (χ0n) is 16.4. The molecule has 0 radical (unpaired) electrons. The van der Waals surface area contributed by atoms with E-state index in [9.17, 15) is 17.6 Å². The molecular weight excluding hydrogens is 395 g/mol. The lowest BCUT2D eigenvalue weighted by molar-refractivity contribution is -0.132. The maximum Gasteiger partial charge on any atom is 0.243 e. The Morgan fingerprint density at radius 1 is 1.03 bits per heavy atom. The number of nitrogens with zero attached hydrogens (tertiary/aromatic N) is 2. The number of amides is 1. The normalized spacial score (nSPS) is 15.3. The van der Waals surface area contributed by atoms with Crippen LogP contribution in [0.4, 0.5) is 4.39 Å². The molecule has 1 saturated heterocycles. The molecule has 8 heteroatoms. The Bertz CT molecular complexity index is 939. The molecule has 1 amide bonds. The summed E-state index contributed by atoms with van der Waals surface area (Å²) in [6.45, 7) is 3.61. The van der Waals surface area contributed by atoms with Gasteiger partial charge in [0.15, 0.2) is 0 Å². The van der Waals surface area contributed by atoms with E-state index in [4.69, 9.17) is 4.74 Å². The number of para-hydroxylation sites is 1. The van der Waals surface area contributed by atoms with Gasteiger partial charge in [-0.15, -0.1) is 0 Å². The average Bonchev–Trinajstić information content (AvgIpc) is 2.73. The lowest BCUT2D eigenvalue weighted by atomic mass is 10.1. The standard InChI is InChI=1S/C21H25FN2O4S/c1-2-28-20-6-4-3-5-17(20)7-12-21(25)23-13-15-24(16-14-23)29(26,27)19-10-8-18(22)9-11-19/h3-6,8-11H,2,7,12-16H2,1H3. The van der Waals surface area contributed by atoms with Crippen molar-refractivity contribution in [2.24, 2.45) is 0 Å². The number of aryl methyl sites for hydroxylation is 1. The predicted molar refractivity (Wildman–Crippen MR) is 108 cm³/mol. The molecule has 1 aliphatic heterocycles. The first-order chi connectivity index (χ1) is 13.9. The quantitative estimate of drug-likeness (QED) is 0.691. The number of hydrogen-bond donors (Lipinski definition) is 0. The highest BCUT2D eigenvalue weighted by Gasteiger charge is 2.30. The molecule has 1 heterocycles. The summed E-state index contributed by atoms with van der Waals surface area (Å²) in [5.41, 5.74) is 0.986. The lowest BCUT2D eigenvalue weighted by Gasteiger charge is -2.34. The van der Waals surface area contributed by atoms with E-state index in [0.29, 0.717) is 32.5 Å². The Morgan fingerprint density at radius 3 is 2.34 bits per heavy atom. The molecule has 0 saturated carbocycles. The van der Waals surface area contributed by atoms with Crippen LogP contribution >= 0.6 is 0 Å². The Kier molecular flexibility index (Phi) is 6.87. The monoisotopic (exact) mass is 420 g/mol. The highest BCUT2D eigenvalue weighted by atomic mass is 32.2. The van der Waals surface area contributed by atoms with E-state index in [0.717, 1.165) is 23.4 Å². The summed E-state index contributed by atoms with van der Waals surface area (Å²) < 4.78 is 45.3. The van der Waals surface area contributed by atoms with Crippen LogP contribution in [-0.4, -0.2) is 56.3 Å². The summed E-state index contributed by atoms with van der Waals surface area (Å²) in [4.78, 5) is 14.3. The van der Waals surface area contributed by atoms with Gasteiger partial charge in [-0.3, -0.25) is 4.79 Å². The van der Waals surface area contributed by atoms with Gasteiger partial charge in [0.2, 0.25) is 15.9 Å². The van der Waals surface area contributed by atoms with Gasteiger partial charge < -0.3 is 9.64 Å². The van der Waals surface area contributed by atoms with Crippen LogP contribution in [0.5, 0.6) is 5.75 Å². The topological polar surface area (TPSA) is 66.9 Å². The van der Waals surface area contributed by atoms with E-state index >= 15 is 0 Å². The van der Waals surface area contributed by atoms with Crippen molar-refractivity contribution in [1.82, 2.24) is 9.21 Å². The number of carbonyl (C=O) groups excluding carboxylic acids is 1. The highest BCUT2D eigenvalue weighted by molar-refractivity contribution is 7.89. The zero-order valence-corrected chi connectivity index (χ0v) is 17.2. The third kappa shape index (κ3) is 5.13. The van der Waals surface area contributed by atoms with Gasteiger partial charge in [0.1, 0.15) is 11.6 Å². The van der Waals surface area contributed by atoms with Crippen molar-refractivity contribution in [1.29, 1.82) is 0 Å². The Labute approximate surface area is 170 Å². The minimum atomic E-state index is -3.68. The van der Waals surface area contributed by atoms with Gasteiger partial charge in [0, 0.05) is 32.6 Å². The van der Waals surface area contributed by atoms with Gasteiger partial charge in [0.25, 0.3) is 0 Å². The first-order valence-electron chi connectivity index (χ1n) is 9.66. The maximum atomic E-state index is 13.1. The zero-order chi connectivity index (χ0) is 20.9. The van der Waals surface area contributed by atoms with Crippen LogP contribution in [0.25, 0.3) is 0 Å². The van der Waals surface area contributed by atoms with Gasteiger partial charge in [-0.05, 0) is 49.2 Å². The molecule has 29 heavy (non-hydrogen) atoms. The van der Waals surface area contributed by atoms with Crippen molar-refractivity contribution in [3.8, 4) is 5.75 Å². The van der Waals surface area contributed by atoms with Crippen LogP contribution in [0.3, 0.4) is 0 Å². The molecule has 1 fully saturated rings. The Balaban J connectivity index is 1.55. The number of carbonyl (C=O) groups is 1. The second-order valence-electron chi connectivity index (χ2n) is 6.78. The fraction of sp³-hybridized carbons (Fsp3) is 0.381. The molecule has 0 aliphatic carbocycles. The van der Waals surface area contributed by atoms with Crippen molar-refractivity contribution >= 4 is 15.9 Å². The highest BCUT2D eigenvalue weighted by Crippen LogP contribution is 2.21. The Hall–Kier alpha value is -2.45. The molecule has 3 rings (SSSR count). The molecule has 0 N–H and O–H groups in total. The second-order valence-corrected chi connectivity index (χ2v) is 8.72. The van der Waals surface area contributed by atoms with Crippen molar-refractivity contribution in [3.05, 3.63) is 59.9 Å². The molecule has 156 valence electrons. The first kappa shape index (κ1) is 21.3. The molecular formula is C21H25FN2O4S. The fourth-order valence-electron chi connectivity index (χ4n) is 3.34. The molecule has 2 aromatic carbocycles. The van der Waals surface area contributed by atoms with Gasteiger partial charge in [-0.2, -0.15) is 4.31 Å². The van der Waals surface area contributed by atoms with Gasteiger partial charge >= 0.3 is 0 Å². The van der Waals surface area contributed by atoms with Crippen LogP contribution in [0.15, 0.2) is 53.4 Å². The van der Waals surface area contributed by atoms with Crippen molar-refractivity contribution in [3.63, 3.8) is 0 Å². The number of rotatable bonds is 7. The molecule has 0 bridgehead atoms. The molecule has 2 aromatic rings. The van der Waals surface area contributed by atoms with Crippen LogP contribution in [-0.2, 0) is 21.2 Å². The fourth-order valence-corrected chi connectivity index (χ4v) is 4.76. The second kappa shape index (κ2) is 9.37. The summed E-state index contributed by atoms with van der Waals surface area (Å²) in [5, 5.41) is 0. The molecule has 0 aromatic heterocycles. The summed E-state index contributed by atoms with van der Waals surface area (Å²) in [6, 6.07) is 12.4. The van der Waals surface area contributed by atoms with E-state index in [1.165, 1.54) is 16.4 Å². The number of hydrogen-bond acceptors (Lipinski definition) is 4. The Morgan fingerprint density at radius 2 is 1.69 bits per heavy atom. The summed E-state index contributed by atoms with van der Waals surface area (Å²) in [5.74, 6) is 0.304. The number of piperazine rings is 1. The number of benzene rings is 2. The first-order valence-corrected chi connectivity index (χ1v) is 11.1. The van der Waals surface area contributed by atoms with E-state index < -0.39 is 15.8 Å². The smallest absolute Gasteiger partial charge is 0.243 e. The third-order valence-corrected chi connectivity index (χ3v) is 6.84. The average molecular weight is 421 g/mol. The van der Waals surface area contributed by atoms with E-state index in [-0.39, 0.29) is 23.9 Å². The third-order valence-electron chi connectivity index (χ3n) is 4.92. The number of ether oxygens (including phenoxy) is 1. The van der Waals surface area contributed by atoms with Crippen LogP contribution in [0.2, 0.25) is 0 Å². The summed E-state index contributed by atoms with van der Waals surface area (Å²) >= 11 is 0. The molecule has 6 nitrogen and oxygen atoms in total. The maximum absolute atomic E-state index is 13.1. The van der Waals surface area contributed by atoms with Gasteiger partial charge in [0.05, 0.1) is 11.5 Å². The van der Waals surface area contributed by atoms with Crippen molar-refractivity contribution in [2.75, 3.05) is 32.8 Å². The van der Waals surface area contributed by atoms with E-state index in [1.807, 2.05) is 31.2 Å². The summed E-state index contributed by atoms with van der Waals surface area (Å²) in [6.07, 6.45) is 0.915. The SMILES string of the molecule is CCOc1ccccc1CCC(=O)N1CCN(S(=O)(=O)c2ccc(F)cc2)CC1. The van der Waals surface area contributed by atoms with Crippen LogP contribution in [0, 0.1) is 5.82 Å². The molecule has 0 unspecified atom stereocenters. The van der Waals surface area contributed by atoms with E-state index in [1.54, 1.807) is 4.90 Å². The number of sulfonamides is 1.